The van der Waals surface area contributed by atoms with Gasteiger partial charge >= 0.3 is 0 Å². The molecule has 2 aromatic rings. The first-order valence-corrected chi connectivity index (χ1v) is 9.43. The van der Waals surface area contributed by atoms with E-state index < -0.39 is 23.7 Å². The third-order valence-electron chi connectivity index (χ3n) is 5.22. The summed E-state index contributed by atoms with van der Waals surface area (Å²) in [4.78, 5) is 46.6. The van der Waals surface area contributed by atoms with Crippen LogP contribution in [0, 0.1) is 12.8 Å². The van der Waals surface area contributed by atoms with Crippen LogP contribution in [0.15, 0.2) is 42.7 Å². The van der Waals surface area contributed by atoms with Gasteiger partial charge in [-0.2, -0.15) is 0 Å². The van der Waals surface area contributed by atoms with Crippen molar-refractivity contribution >= 4 is 17.5 Å². The first kappa shape index (κ1) is 20.7. The average Bonchev–Trinajstić information content (AvgIpc) is 2.97. The molecule has 7 nitrogen and oxygen atoms in total. The van der Waals surface area contributed by atoms with E-state index in [0.29, 0.717) is 30.0 Å². The Kier molecular flexibility index (Phi) is 6.08. The number of hydrogen-bond acceptors (Lipinski definition) is 6. The topological polar surface area (TPSA) is 79.8 Å². The first-order valence-electron chi connectivity index (χ1n) is 9.43. The summed E-state index contributed by atoms with van der Waals surface area (Å²) in [6, 6.07) is 7.94. The summed E-state index contributed by atoms with van der Waals surface area (Å²) >= 11 is 0. The van der Waals surface area contributed by atoms with Crippen LogP contribution in [0.5, 0.6) is 5.75 Å². The van der Waals surface area contributed by atoms with Crippen molar-refractivity contribution in [3.05, 3.63) is 59.4 Å². The third kappa shape index (κ3) is 4.05. The third-order valence-corrected chi connectivity index (χ3v) is 5.22. The molecular formula is C22H25N3O4. The molecule has 1 aromatic carbocycles. The number of likely N-dealkylation sites (tertiary alicyclic amines) is 1. The molecule has 1 saturated heterocycles. The predicted octanol–water partition coefficient (Wildman–Crippen LogP) is 1.91. The van der Waals surface area contributed by atoms with Gasteiger partial charge in [-0.1, -0.05) is 0 Å². The van der Waals surface area contributed by atoms with Crippen LogP contribution in [-0.2, 0) is 9.59 Å². The van der Waals surface area contributed by atoms with Gasteiger partial charge in [0.25, 0.3) is 5.91 Å². The van der Waals surface area contributed by atoms with Crippen LogP contribution in [0.1, 0.15) is 27.5 Å². The van der Waals surface area contributed by atoms with Crippen LogP contribution in [0.25, 0.3) is 0 Å². The molecule has 2 unspecified atom stereocenters. The smallest absolute Gasteiger partial charge is 0.291 e. The second kappa shape index (κ2) is 8.53. The maximum absolute atomic E-state index is 13.4. The molecule has 0 saturated carbocycles. The number of carbonyl (C=O) groups is 3. The molecule has 0 aliphatic carbocycles. The minimum Gasteiger partial charge on any atom is -0.497 e. The molecule has 1 amide bonds. The van der Waals surface area contributed by atoms with E-state index in [1.54, 1.807) is 56.8 Å². The van der Waals surface area contributed by atoms with Crippen LogP contribution in [-0.4, -0.2) is 66.6 Å². The van der Waals surface area contributed by atoms with Crippen LogP contribution < -0.4 is 4.74 Å². The van der Waals surface area contributed by atoms with Gasteiger partial charge in [0.05, 0.1) is 13.2 Å². The van der Waals surface area contributed by atoms with Gasteiger partial charge in [0.15, 0.2) is 5.78 Å². The van der Waals surface area contributed by atoms with Crippen molar-refractivity contribution in [1.82, 2.24) is 14.8 Å². The van der Waals surface area contributed by atoms with E-state index in [1.807, 2.05) is 19.0 Å². The zero-order chi connectivity index (χ0) is 21.1. The average molecular weight is 395 g/mol. The Bertz CT molecular complexity index is 927. The van der Waals surface area contributed by atoms with Crippen molar-refractivity contribution in [3.8, 4) is 5.75 Å². The van der Waals surface area contributed by atoms with E-state index in [-0.39, 0.29) is 5.78 Å². The van der Waals surface area contributed by atoms with E-state index in [1.165, 1.54) is 4.90 Å². The quantitative estimate of drug-likeness (QED) is 0.405. The van der Waals surface area contributed by atoms with Gasteiger partial charge in [-0.05, 0) is 62.5 Å². The highest BCUT2D eigenvalue weighted by molar-refractivity contribution is 6.44. The molecule has 29 heavy (non-hydrogen) atoms. The lowest BCUT2D eigenvalue weighted by Gasteiger charge is -2.28. The summed E-state index contributed by atoms with van der Waals surface area (Å²) in [6.07, 6.45) is 3.21. The molecule has 152 valence electrons. The fourth-order valence-electron chi connectivity index (χ4n) is 3.68. The van der Waals surface area contributed by atoms with Crippen molar-refractivity contribution in [3.63, 3.8) is 0 Å². The predicted molar refractivity (Wildman–Crippen MR) is 108 cm³/mol. The van der Waals surface area contributed by atoms with E-state index in [0.717, 1.165) is 5.56 Å². The largest absolute Gasteiger partial charge is 0.497 e. The number of aromatic nitrogens is 1. The van der Waals surface area contributed by atoms with Gasteiger partial charge in [-0.15, -0.1) is 0 Å². The molecule has 2 heterocycles. The molecule has 0 N–H and O–H groups in total. The van der Waals surface area contributed by atoms with Crippen LogP contribution in [0.2, 0.25) is 0 Å². The lowest BCUT2D eigenvalue weighted by Crippen LogP contribution is -2.36. The summed E-state index contributed by atoms with van der Waals surface area (Å²) < 4.78 is 5.20. The van der Waals surface area contributed by atoms with E-state index in [2.05, 4.69) is 4.98 Å². The van der Waals surface area contributed by atoms with Crippen LogP contribution >= 0.6 is 0 Å². The Labute approximate surface area is 170 Å². The maximum Gasteiger partial charge on any atom is 0.291 e. The number of nitrogens with zero attached hydrogens (tertiary/aromatic N) is 3. The highest BCUT2D eigenvalue weighted by Gasteiger charge is 2.51. The number of ether oxygens (including phenoxy) is 1. The zero-order valence-corrected chi connectivity index (χ0v) is 17.1. The molecule has 1 aromatic heterocycles. The fourth-order valence-corrected chi connectivity index (χ4v) is 3.68. The van der Waals surface area contributed by atoms with Gasteiger partial charge in [-0.25, -0.2) is 0 Å². The molecule has 1 fully saturated rings. The van der Waals surface area contributed by atoms with Crippen molar-refractivity contribution in [2.24, 2.45) is 5.92 Å². The zero-order valence-electron chi connectivity index (χ0n) is 17.1. The standard InChI is InChI=1S/C22H25N3O4/c1-14-13-16(29-4)5-6-17(14)20(26)18-19(15-7-9-23-10-8-15)25(12-11-24(2)3)22(28)21(18)27/h5-10,13,18-19H,11-12H2,1-4H3. The second-order valence-electron chi connectivity index (χ2n) is 7.41. The Balaban J connectivity index is 2.03. The van der Waals surface area contributed by atoms with Crippen molar-refractivity contribution < 1.29 is 19.1 Å². The maximum atomic E-state index is 13.4. The van der Waals surface area contributed by atoms with E-state index in [9.17, 15) is 14.4 Å². The van der Waals surface area contributed by atoms with E-state index >= 15 is 0 Å². The van der Waals surface area contributed by atoms with Gasteiger partial charge in [0.2, 0.25) is 5.78 Å². The highest BCUT2D eigenvalue weighted by atomic mass is 16.5. The number of amides is 1. The Morgan fingerprint density at radius 1 is 1.17 bits per heavy atom. The molecule has 2 atom stereocenters. The van der Waals surface area contributed by atoms with Gasteiger partial charge in [-0.3, -0.25) is 19.4 Å². The monoisotopic (exact) mass is 395 g/mol. The Morgan fingerprint density at radius 3 is 2.45 bits per heavy atom. The minimum atomic E-state index is -1.08. The van der Waals surface area contributed by atoms with Crippen molar-refractivity contribution in [2.45, 2.75) is 13.0 Å². The van der Waals surface area contributed by atoms with Crippen molar-refractivity contribution in [2.75, 3.05) is 34.3 Å². The lowest BCUT2D eigenvalue weighted by atomic mass is 9.85. The normalized spacial score (nSPS) is 19.1. The molecule has 0 bridgehead atoms. The van der Waals surface area contributed by atoms with Gasteiger partial charge in [0, 0.05) is 31.0 Å². The molecule has 3 rings (SSSR count). The van der Waals surface area contributed by atoms with Gasteiger partial charge in [0.1, 0.15) is 11.7 Å². The number of rotatable bonds is 7. The summed E-state index contributed by atoms with van der Waals surface area (Å²) in [7, 11) is 5.35. The number of hydrogen-bond donors (Lipinski definition) is 0. The number of aryl methyl sites for hydroxylation is 1. The number of ketones is 2. The summed E-state index contributed by atoms with van der Waals surface area (Å²) in [5.74, 6) is -2.08. The second-order valence-corrected chi connectivity index (χ2v) is 7.41. The number of methoxy groups -OCH3 is 1. The van der Waals surface area contributed by atoms with Crippen LogP contribution in [0.3, 0.4) is 0 Å². The lowest BCUT2D eigenvalue weighted by molar-refractivity contribution is -0.140. The summed E-state index contributed by atoms with van der Waals surface area (Å²) in [5.41, 5.74) is 1.85. The Morgan fingerprint density at radius 2 is 1.86 bits per heavy atom. The number of Topliss-reactive ketones (excluding diaryl/α,β-unsaturated/α-hetero) is 2. The van der Waals surface area contributed by atoms with E-state index in [4.69, 9.17) is 4.74 Å². The minimum absolute atomic E-state index is 0.349. The van der Waals surface area contributed by atoms with Crippen molar-refractivity contribution in [1.29, 1.82) is 0 Å². The molecule has 1 aliphatic heterocycles. The molecular weight excluding hydrogens is 370 g/mol. The number of likely N-dealkylation sites (N-methyl/N-ethyl adjacent to an activating group) is 1. The SMILES string of the molecule is COc1ccc(C(=O)C2C(=O)C(=O)N(CCN(C)C)C2c2ccncc2)c(C)c1. The highest BCUT2D eigenvalue weighted by Crippen LogP contribution is 2.38. The Hall–Kier alpha value is -3.06. The molecule has 7 heteroatoms. The number of pyridine rings is 1. The van der Waals surface area contributed by atoms with Gasteiger partial charge < -0.3 is 14.5 Å². The summed E-state index contributed by atoms with van der Waals surface area (Å²) in [6.45, 7) is 2.74. The first-order chi connectivity index (χ1) is 13.8. The number of benzene rings is 1. The molecule has 0 spiro atoms. The molecule has 0 radical (unpaired) electrons. The molecule has 1 aliphatic rings. The van der Waals surface area contributed by atoms with Crippen LogP contribution in [0.4, 0.5) is 0 Å². The number of carbonyl (C=O) groups excluding carboxylic acids is 3. The summed E-state index contributed by atoms with van der Waals surface area (Å²) in [5, 5.41) is 0. The fraction of sp³-hybridized carbons (Fsp3) is 0.364.